The Kier molecular flexibility index (Phi) is 6.13. The second kappa shape index (κ2) is 6.90. The molecule has 6 nitrogen and oxygen atoms in total. The van der Waals surface area contributed by atoms with Crippen molar-refractivity contribution in [1.29, 1.82) is 0 Å². The molecule has 0 spiro atoms. The molecule has 0 radical (unpaired) electrons. The molecule has 0 heterocycles. The van der Waals surface area contributed by atoms with Crippen LogP contribution in [-0.2, 0) is 4.79 Å². The minimum absolute atomic E-state index is 0.0170. The summed E-state index contributed by atoms with van der Waals surface area (Å²) in [5.41, 5.74) is 0. The predicted octanol–water partition coefficient (Wildman–Crippen LogP) is -0.693. The normalized spacial score (nSPS) is 11.5. The van der Waals surface area contributed by atoms with Gasteiger partial charge in [0.2, 0.25) is 0 Å². The van der Waals surface area contributed by atoms with Gasteiger partial charge in [-0.3, -0.25) is 0 Å². The van der Waals surface area contributed by atoms with Crippen LogP contribution in [0, 0.1) is 0 Å². The number of carboxylic acid groups (broad SMARTS) is 1. The van der Waals surface area contributed by atoms with E-state index in [2.05, 4.69) is 17.2 Å². The number of rotatable bonds is 6. The number of aliphatic hydroxyl groups excluding tert-OH is 1. The second-order valence-corrected chi connectivity index (χ2v) is 2.55. The Morgan fingerprint density at radius 3 is 2.57 bits per heavy atom. The van der Waals surface area contributed by atoms with Crippen LogP contribution in [0.5, 0.6) is 0 Å². The summed E-state index contributed by atoms with van der Waals surface area (Å²) >= 11 is 0. The number of carbonyl (C=O) groups is 2. The fraction of sp³-hybridized carbons (Fsp3) is 0.500. The largest absolute Gasteiger partial charge is 0.480 e. The lowest BCUT2D eigenvalue weighted by Gasteiger charge is -2.13. The Morgan fingerprint density at radius 1 is 1.50 bits per heavy atom. The maximum atomic E-state index is 11.0. The Labute approximate surface area is 81.6 Å². The number of nitrogens with one attached hydrogen (secondary N) is 2. The van der Waals surface area contributed by atoms with Crippen molar-refractivity contribution in [2.45, 2.75) is 12.5 Å². The molecule has 0 rings (SSSR count). The molecule has 0 bridgehead atoms. The standard InChI is InChI=1S/C8H14N2O4/c1-2-4-9-8(14)10-6(3-5-11)7(12)13/h2,6,11H,1,3-5H2,(H,12,13)(H2,9,10,14)/t6-/m1/s1. The van der Waals surface area contributed by atoms with Crippen molar-refractivity contribution in [2.75, 3.05) is 13.2 Å². The molecule has 4 N–H and O–H groups in total. The molecule has 0 aliphatic heterocycles. The van der Waals surface area contributed by atoms with Crippen LogP contribution in [0.1, 0.15) is 6.42 Å². The minimum atomic E-state index is -1.17. The van der Waals surface area contributed by atoms with Crippen LogP contribution in [0.15, 0.2) is 12.7 Å². The average Bonchev–Trinajstić information content (AvgIpc) is 2.14. The van der Waals surface area contributed by atoms with Gasteiger partial charge in [-0.1, -0.05) is 6.08 Å². The molecule has 6 heteroatoms. The summed E-state index contributed by atoms with van der Waals surface area (Å²) in [6.07, 6.45) is 1.46. The van der Waals surface area contributed by atoms with Gasteiger partial charge in [-0.25, -0.2) is 9.59 Å². The van der Waals surface area contributed by atoms with Crippen LogP contribution >= 0.6 is 0 Å². The number of aliphatic hydroxyl groups is 1. The predicted molar refractivity (Wildman–Crippen MR) is 49.9 cm³/mol. The lowest BCUT2D eigenvalue weighted by molar-refractivity contribution is -0.139. The molecule has 0 unspecified atom stereocenters. The van der Waals surface area contributed by atoms with E-state index in [1.807, 2.05) is 0 Å². The van der Waals surface area contributed by atoms with Crippen molar-refractivity contribution in [3.8, 4) is 0 Å². The van der Waals surface area contributed by atoms with Gasteiger partial charge in [0, 0.05) is 19.6 Å². The summed E-state index contributed by atoms with van der Waals surface area (Å²) in [6, 6.07) is -1.66. The lowest BCUT2D eigenvalue weighted by Crippen LogP contribution is -2.46. The van der Waals surface area contributed by atoms with Crippen molar-refractivity contribution >= 4 is 12.0 Å². The molecule has 0 saturated carbocycles. The van der Waals surface area contributed by atoms with Crippen molar-refractivity contribution in [3.05, 3.63) is 12.7 Å². The van der Waals surface area contributed by atoms with Gasteiger partial charge in [0.05, 0.1) is 0 Å². The highest BCUT2D eigenvalue weighted by Crippen LogP contribution is 1.90. The quantitative estimate of drug-likeness (QED) is 0.428. The highest BCUT2D eigenvalue weighted by Gasteiger charge is 2.18. The zero-order valence-corrected chi connectivity index (χ0v) is 7.69. The van der Waals surface area contributed by atoms with Gasteiger partial charge >= 0.3 is 12.0 Å². The third-order valence-corrected chi connectivity index (χ3v) is 1.43. The SMILES string of the molecule is C=CCNC(=O)N[C@H](CCO)C(=O)O. The highest BCUT2D eigenvalue weighted by atomic mass is 16.4. The summed E-state index contributed by atoms with van der Waals surface area (Å²) in [5, 5.41) is 21.7. The number of carbonyl (C=O) groups excluding carboxylic acids is 1. The molecule has 0 fully saturated rings. The summed E-state index contributed by atoms with van der Waals surface area (Å²) in [6.45, 7) is 3.35. The Bertz CT molecular complexity index is 217. The van der Waals surface area contributed by atoms with Crippen LogP contribution in [-0.4, -0.2) is 41.4 Å². The van der Waals surface area contributed by atoms with Gasteiger partial charge in [-0.2, -0.15) is 0 Å². The van der Waals surface area contributed by atoms with E-state index in [-0.39, 0.29) is 19.6 Å². The van der Waals surface area contributed by atoms with Crippen LogP contribution in [0.25, 0.3) is 0 Å². The van der Waals surface area contributed by atoms with E-state index in [0.717, 1.165) is 0 Å². The first kappa shape index (κ1) is 12.4. The maximum Gasteiger partial charge on any atom is 0.326 e. The third-order valence-electron chi connectivity index (χ3n) is 1.43. The van der Waals surface area contributed by atoms with Gasteiger partial charge in [0.15, 0.2) is 0 Å². The zero-order valence-electron chi connectivity index (χ0n) is 7.69. The number of carboxylic acids is 1. The van der Waals surface area contributed by atoms with E-state index < -0.39 is 18.0 Å². The van der Waals surface area contributed by atoms with Gasteiger partial charge < -0.3 is 20.8 Å². The topological polar surface area (TPSA) is 98.7 Å². The zero-order chi connectivity index (χ0) is 11.0. The van der Waals surface area contributed by atoms with Crippen LogP contribution in [0.2, 0.25) is 0 Å². The van der Waals surface area contributed by atoms with Gasteiger partial charge in [0.1, 0.15) is 6.04 Å². The first-order chi connectivity index (χ1) is 6.61. The van der Waals surface area contributed by atoms with E-state index in [1.54, 1.807) is 0 Å². The molecule has 2 amide bonds. The lowest BCUT2D eigenvalue weighted by atomic mass is 10.2. The van der Waals surface area contributed by atoms with Gasteiger partial charge in [-0.05, 0) is 0 Å². The molecule has 0 saturated heterocycles. The highest BCUT2D eigenvalue weighted by molar-refractivity contribution is 5.82. The molecule has 0 aromatic carbocycles. The molecule has 1 atom stereocenters. The third kappa shape index (κ3) is 5.15. The first-order valence-corrected chi connectivity index (χ1v) is 4.10. The second-order valence-electron chi connectivity index (χ2n) is 2.55. The summed E-state index contributed by atoms with van der Waals surface area (Å²) in [7, 11) is 0. The summed E-state index contributed by atoms with van der Waals surface area (Å²) < 4.78 is 0. The molecule has 0 aromatic rings. The van der Waals surface area contributed by atoms with E-state index in [9.17, 15) is 9.59 Å². The number of hydrogen-bond donors (Lipinski definition) is 4. The molecule has 0 aliphatic rings. The van der Waals surface area contributed by atoms with Crippen molar-refractivity contribution in [1.82, 2.24) is 10.6 Å². The molecular formula is C8H14N2O4. The smallest absolute Gasteiger partial charge is 0.326 e. The first-order valence-electron chi connectivity index (χ1n) is 4.10. The maximum absolute atomic E-state index is 11.0. The van der Waals surface area contributed by atoms with Crippen molar-refractivity contribution < 1.29 is 19.8 Å². The Balaban J connectivity index is 3.95. The Hall–Kier alpha value is -1.56. The number of aliphatic carboxylic acids is 1. The van der Waals surface area contributed by atoms with Crippen molar-refractivity contribution in [3.63, 3.8) is 0 Å². The number of hydrogen-bond acceptors (Lipinski definition) is 3. The molecule has 14 heavy (non-hydrogen) atoms. The van der Waals surface area contributed by atoms with E-state index >= 15 is 0 Å². The fourth-order valence-electron chi connectivity index (χ4n) is 0.761. The van der Waals surface area contributed by atoms with E-state index in [4.69, 9.17) is 10.2 Å². The summed E-state index contributed by atoms with van der Waals surface area (Å²) in [4.78, 5) is 21.5. The fourth-order valence-corrected chi connectivity index (χ4v) is 0.761. The van der Waals surface area contributed by atoms with Gasteiger partial charge in [-0.15, -0.1) is 6.58 Å². The molecule has 80 valence electrons. The van der Waals surface area contributed by atoms with Gasteiger partial charge in [0.25, 0.3) is 0 Å². The minimum Gasteiger partial charge on any atom is -0.480 e. The Morgan fingerprint density at radius 2 is 2.14 bits per heavy atom. The number of urea groups is 1. The van der Waals surface area contributed by atoms with E-state index in [1.165, 1.54) is 6.08 Å². The van der Waals surface area contributed by atoms with E-state index in [0.29, 0.717) is 0 Å². The molecule has 0 aliphatic carbocycles. The summed E-state index contributed by atoms with van der Waals surface area (Å²) in [5.74, 6) is -1.17. The number of amides is 2. The monoisotopic (exact) mass is 202 g/mol. The van der Waals surface area contributed by atoms with Crippen molar-refractivity contribution in [2.24, 2.45) is 0 Å². The average molecular weight is 202 g/mol. The molecule has 0 aromatic heterocycles. The molecular weight excluding hydrogens is 188 g/mol. The van der Waals surface area contributed by atoms with Crippen LogP contribution in [0.3, 0.4) is 0 Å². The van der Waals surface area contributed by atoms with Crippen LogP contribution in [0.4, 0.5) is 4.79 Å². The van der Waals surface area contributed by atoms with Crippen LogP contribution < -0.4 is 10.6 Å².